The monoisotopic (exact) mass is 358 g/mol. The Kier molecular flexibility index (Phi) is 5.99. The van der Waals surface area contributed by atoms with E-state index in [9.17, 15) is 25.4 Å². The largest absolute Gasteiger partial charge is 0.260 e. The number of rotatable bonds is 7. The molecule has 0 radical (unpaired) electrons. The van der Waals surface area contributed by atoms with E-state index in [1.165, 1.54) is 0 Å². The van der Waals surface area contributed by atoms with E-state index in [0.717, 1.165) is 12.1 Å². The Bertz CT molecular complexity index is 746. The maximum atomic E-state index is 13.7. The molecule has 0 aliphatic carbocycles. The zero-order chi connectivity index (χ0) is 16.3. The van der Waals surface area contributed by atoms with Crippen LogP contribution < -0.4 is 9.86 Å². The van der Waals surface area contributed by atoms with Crippen LogP contribution in [-0.4, -0.2) is 39.1 Å². The molecule has 0 aliphatic rings. The molecule has 0 aliphatic heterocycles. The minimum atomic E-state index is -4.15. The zero-order valence-corrected chi connectivity index (χ0v) is 13.5. The maximum Gasteiger partial charge on any atom is 0.243 e. The van der Waals surface area contributed by atoms with Crippen LogP contribution in [0.5, 0.6) is 0 Å². The van der Waals surface area contributed by atoms with Crippen molar-refractivity contribution in [1.29, 1.82) is 0 Å². The minimum absolute atomic E-state index is 0.104. The number of sulfonamides is 2. The van der Waals surface area contributed by atoms with E-state index in [0.29, 0.717) is 11.8 Å². The molecule has 3 N–H and O–H groups in total. The SMILES string of the molecule is CCS(=O)CCNS(=O)(=O)c1ccc(S(N)(=O)=O)cc1F. The molecule has 0 saturated heterocycles. The van der Waals surface area contributed by atoms with E-state index < -0.39 is 46.5 Å². The number of primary sulfonamides is 1. The molecule has 1 unspecified atom stereocenters. The third kappa shape index (κ3) is 5.11. The third-order valence-corrected chi connectivity index (χ3v) is 6.17. The first kappa shape index (κ1) is 18.2. The number of nitrogens with one attached hydrogen (secondary N) is 1. The summed E-state index contributed by atoms with van der Waals surface area (Å²) in [6.07, 6.45) is 0. The van der Waals surface area contributed by atoms with Crippen molar-refractivity contribution in [3.63, 3.8) is 0 Å². The predicted molar refractivity (Wildman–Crippen MR) is 76.5 cm³/mol. The van der Waals surface area contributed by atoms with Gasteiger partial charge in [0.05, 0.1) is 4.90 Å². The first-order valence-corrected chi connectivity index (χ1v) is 10.3. The van der Waals surface area contributed by atoms with Crippen LogP contribution in [0.4, 0.5) is 4.39 Å². The molecule has 0 bridgehead atoms. The smallest absolute Gasteiger partial charge is 0.243 e. The summed E-state index contributed by atoms with van der Waals surface area (Å²) in [5.41, 5.74) is 0. The van der Waals surface area contributed by atoms with Gasteiger partial charge in [-0.1, -0.05) is 6.92 Å². The topological polar surface area (TPSA) is 123 Å². The highest BCUT2D eigenvalue weighted by molar-refractivity contribution is 7.90. The molecule has 1 aromatic rings. The molecule has 11 heteroatoms. The van der Waals surface area contributed by atoms with Crippen LogP contribution in [0.3, 0.4) is 0 Å². The van der Waals surface area contributed by atoms with Crippen LogP contribution in [0.1, 0.15) is 6.92 Å². The summed E-state index contributed by atoms with van der Waals surface area (Å²) in [7, 11) is -9.42. The summed E-state index contributed by atoms with van der Waals surface area (Å²) < 4.78 is 72.8. The Morgan fingerprint density at radius 3 is 2.38 bits per heavy atom. The normalized spacial score (nSPS) is 14.0. The van der Waals surface area contributed by atoms with Gasteiger partial charge in [0.2, 0.25) is 20.0 Å². The molecule has 7 nitrogen and oxygen atoms in total. The minimum Gasteiger partial charge on any atom is -0.260 e. The lowest BCUT2D eigenvalue weighted by Gasteiger charge is -2.08. The molecule has 0 aromatic heterocycles. The molecule has 21 heavy (non-hydrogen) atoms. The van der Waals surface area contributed by atoms with Gasteiger partial charge in [-0.05, 0) is 18.2 Å². The summed E-state index contributed by atoms with van der Waals surface area (Å²) in [4.78, 5) is -1.22. The lowest BCUT2D eigenvalue weighted by molar-refractivity contribution is 0.554. The van der Waals surface area contributed by atoms with Crippen LogP contribution in [0.2, 0.25) is 0 Å². The number of halogens is 1. The van der Waals surface area contributed by atoms with E-state index >= 15 is 0 Å². The number of hydrogen-bond donors (Lipinski definition) is 2. The number of nitrogens with two attached hydrogens (primary N) is 1. The Balaban J connectivity index is 2.97. The summed E-state index contributed by atoms with van der Waals surface area (Å²) in [5.74, 6) is -0.739. The average Bonchev–Trinajstić information content (AvgIpc) is 2.36. The van der Waals surface area contributed by atoms with E-state index in [2.05, 4.69) is 4.72 Å². The van der Waals surface area contributed by atoms with Crippen molar-refractivity contribution in [3.05, 3.63) is 24.0 Å². The van der Waals surface area contributed by atoms with Crippen LogP contribution in [-0.2, 0) is 30.8 Å². The summed E-state index contributed by atoms with van der Waals surface area (Å²) >= 11 is 0. The molecule has 1 rings (SSSR count). The maximum absolute atomic E-state index is 13.7. The Hall–Kier alpha value is -0.880. The molecule has 0 saturated carbocycles. The standard InChI is InChI=1S/C10H15FN2O5S3/c1-2-19(14)6-5-13-21(17,18)10-4-3-8(7-9(10)11)20(12,15)16/h3-4,7,13H,2,5-6H2,1H3,(H2,12,15,16). The fourth-order valence-corrected chi connectivity index (χ4v) is 3.75. The van der Waals surface area contributed by atoms with Crippen molar-refractivity contribution in [1.82, 2.24) is 4.72 Å². The van der Waals surface area contributed by atoms with E-state index in [1.54, 1.807) is 6.92 Å². The van der Waals surface area contributed by atoms with Crippen molar-refractivity contribution in [3.8, 4) is 0 Å². The molecular formula is C10H15FN2O5S3. The first-order chi connectivity index (χ1) is 9.58. The van der Waals surface area contributed by atoms with Crippen LogP contribution in [0.15, 0.2) is 28.0 Å². The number of hydrogen-bond acceptors (Lipinski definition) is 5. The lowest BCUT2D eigenvalue weighted by Crippen LogP contribution is -2.29. The number of benzene rings is 1. The van der Waals surface area contributed by atoms with Gasteiger partial charge in [-0.2, -0.15) is 0 Å². The highest BCUT2D eigenvalue weighted by Gasteiger charge is 2.21. The highest BCUT2D eigenvalue weighted by Crippen LogP contribution is 2.18. The summed E-state index contributed by atoms with van der Waals surface area (Å²) in [5, 5.41) is 4.82. The molecular weight excluding hydrogens is 343 g/mol. The van der Waals surface area contributed by atoms with Crippen molar-refractivity contribution < 1.29 is 25.4 Å². The fraction of sp³-hybridized carbons (Fsp3) is 0.400. The quantitative estimate of drug-likeness (QED) is 0.681. The molecule has 1 aromatic carbocycles. The van der Waals surface area contributed by atoms with Crippen molar-refractivity contribution >= 4 is 30.8 Å². The van der Waals surface area contributed by atoms with Crippen LogP contribution >= 0.6 is 0 Å². The van der Waals surface area contributed by atoms with Gasteiger partial charge in [-0.3, -0.25) is 4.21 Å². The van der Waals surface area contributed by atoms with Gasteiger partial charge >= 0.3 is 0 Å². The molecule has 0 fully saturated rings. The molecule has 0 spiro atoms. The molecule has 1 atom stereocenters. The van der Waals surface area contributed by atoms with E-state index in [-0.39, 0.29) is 12.3 Å². The fourth-order valence-electron chi connectivity index (χ4n) is 1.39. The van der Waals surface area contributed by atoms with Gasteiger partial charge in [0.1, 0.15) is 10.7 Å². The Morgan fingerprint density at radius 2 is 1.90 bits per heavy atom. The van der Waals surface area contributed by atoms with E-state index in [4.69, 9.17) is 5.14 Å². The second-order valence-electron chi connectivity index (χ2n) is 3.97. The average molecular weight is 358 g/mol. The molecule has 0 amide bonds. The molecule has 0 heterocycles. The Morgan fingerprint density at radius 1 is 1.29 bits per heavy atom. The predicted octanol–water partition coefficient (Wildman–Crippen LogP) is -0.480. The van der Waals surface area contributed by atoms with Gasteiger partial charge in [0.15, 0.2) is 0 Å². The van der Waals surface area contributed by atoms with E-state index in [1.807, 2.05) is 0 Å². The molecule has 120 valence electrons. The van der Waals surface area contributed by atoms with Crippen molar-refractivity contribution in [2.75, 3.05) is 18.1 Å². The van der Waals surface area contributed by atoms with Gasteiger partial charge in [-0.25, -0.2) is 31.1 Å². The Labute approximate surface area is 125 Å². The van der Waals surface area contributed by atoms with Gasteiger partial charge in [-0.15, -0.1) is 0 Å². The van der Waals surface area contributed by atoms with Crippen LogP contribution in [0, 0.1) is 5.82 Å². The van der Waals surface area contributed by atoms with Crippen molar-refractivity contribution in [2.45, 2.75) is 16.7 Å². The highest BCUT2D eigenvalue weighted by atomic mass is 32.2. The zero-order valence-electron chi connectivity index (χ0n) is 11.1. The first-order valence-electron chi connectivity index (χ1n) is 5.75. The summed E-state index contributed by atoms with van der Waals surface area (Å²) in [6, 6.07) is 2.25. The second kappa shape index (κ2) is 6.92. The van der Waals surface area contributed by atoms with Gasteiger partial charge in [0, 0.05) is 28.9 Å². The lowest BCUT2D eigenvalue weighted by atomic mass is 10.3. The van der Waals surface area contributed by atoms with Crippen molar-refractivity contribution in [2.24, 2.45) is 5.14 Å². The third-order valence-electron chi connectivity index (χ3n) is 2.47. The second-order valence-corrected chi connectivity index (χ2v) is 9.13. The van der Waals surface area contributed by atoms with Gasteiger partial charge in [0.25, 0.3) is 0 Å². The van der Waals surface area contributed by atoms with Crippen LogP contribution in [0.25, 0.3) is 0 Å². The summed E-state index contributed by atoms with van der Waals surface area (Å²) in [6.45, 7) is 1.58. The van der Waals surface area contributed by atoms with Gasteiger partial charge < -0.3 is 0 Å².